The molecule has 1 unspecified atom stereocenters. The van der Waals surface area contributed by atoms with Crippen LogP contribution in [0.1, 0.15) is 29.1 Å². The van der Waals surface area contributed by atoms with Gasteiger partial charge in [0.05, 0.1) is 20.3 Å². The second-order valence-corrected chi connectivity index (χ2v) is 4.14. The van der Waals surface area contributed by atoms with Crippen molar-refractivity contribution in [3.8, 4) is 11.5 Å². The van der Waals surface area contributed by atoms with Crippen LogP contribution < -0.4 is 14.8 Å². The Kier molecular flexibility index (Phi) is 4.19. The Morgan fingerprint density at radius 2 is 2.05 bits per heavy atom. The highest BCUT2D eigenvalue weighted by atomic mass is 16.5. The lowest BCUT2D eigenvalue weighted by Gasteiger charge is -2.15. The summed E-state index contributed by atoms with van der Waals surface area (Å²) in [7, 11) is 3.14. The van der Waals surface area contributed by atoms with Crippen LogP contribution in [-0.2, 0) is 0 Å². The number of aromatic amines is 1. The van der Waals surface area contributed by atoms with Gasteiger partial charge < -0.3 is 14.8 Å². The highest BCUT2D eigenvalue weighted by Gasteiger charge is 2.15. The van der Waals surface area contributed by atoms with Gasteiger partial charge >= 0.3 is 0 Å². The van der Waals surface area contributed by atoms with Crippen LogP contribution in [0.3, 0.4) is 0 Å². The summed E-state index contributed by atoms with van der Waals surface area (Å²) in [5.74, 6) is 1.12. The van der Waals surface area contributed by atoms with E-state index < -0.39 is 0 Å². The molecule has 0 saturated heterocycles. The van der Waals surface area contributed by atoms with Crippen molar-refractivity contribution in [3.05, 3.63) is 35.9 Å². The molecule has 2 rings (SSSR count). The number of methoxy groups -OCH3 is 2. The van der Waals surface area contributed by atoms with Gasteiger partial charge in [-0.3, -0.25) is 9.89 Å². The molecule has 0 aliphatic heterocycles. The molecule has 106 valence electrons. The lowest BCUT2D eigenvalue weighted by atomic mass is 10.1. The molecule has 20 heavy (non-hydrogen) atoms. The van der Waals surface area contributed by atoms with Gasteiger partial charge in [-0.15, -0.1) is 0 Å². The third-order valence-corrected chi connectivity index (χ3v) is 2.89. The van der Waals surface area contributed by atoms with Gasteiger partial charge in [0.1, 0.15) is 6.33 Å². The summed E-state index contributed by atoms with van der Waals surface area (Å²) in [5, 5.41) is 8.97. The summed E-state index contributed by atoms with van der Waals surface area (Å²) < 4.78 is 10.4. The molecular weight excluding hydrogens is 260 g/mol. The molecule has 7 nitrogen and oxygen atoms in total. The number of nitrogens with zero attached hydrogens (tertiary/aromatic N) is 2. The second-order valence-electron chi connectivity index (χ2n) is 4.14. The van der Waals surface area contributed by atoms with Gasteiger partial charge in [-0.25, -0.2) is 4.98 Å². The Labute approximate surface area is 116 Å². The first-order chi connectivity index (χ1) is 9.65. The lowest BCUT2D eigenvalue weighted by molar-refractivity contribution is 0.0929. The van der Waals surface area contributed by atoms with Gasteiger partial charge in [-0.1, -0.05) is 6.07 Å². The van der Waals surface area contributed by atoms with Crippen LogP contribution in [-0.4, -0.2) is 35.3 Å². The van der Waals surface area contributed by atoms with Crippen LogP contribution in [0.4, 0.5) is 0 Å². The first kappa shape index (κ1) is 13.9. The topological polar surface area (TPSA) is 89.1 Å². The van der Waals surface area contributed by atoms with Crippen LogP contribution in [0.5, 0.6) is 11.5 Å². The molecule has 0 fully saturated rings. The second kappa shape index (κ2) is 6.05. The smallest absolute Gasteiger partial charge is 0.289 e. The molecule has 1 aromatic heterocycles. The standard InChI is InChI=1S/C13H16N4O3/c1-8(16-13(18)12-14-7-15-17-12)9-4-5-10(19-2)11(6-9)20-3/h4-8H,1-3H3,(H,16,18)(H,14,15,17). The van der Waals surface area contributed by atoms with E-state index in [1.54, 1.807) is 20.3 Å². The van der Waals surface area contributed by atoms with E-state index in [9.17, 15) is 4.79 Å². The van der Waals surface area contributed by atoms with Crippen LogP contribution >= 0.6 is 0 Å². The van der Waals surface area contributed by atoms with E-state index in [4.69, 9.17) is 9.47 Å². The quantitative estimate of drug-likeness (QED) is 0.859. The van der Waals surface area contributed by atoms with E-state index >= 15 is 0 Å². The third-order valence-electron chi connectivity index (χ3n) is 2.89. The summed E-state index contributed by atoms with van der Waals surface area (Å²) in [4.78, 5) is 15.7. The zero-order chi connectivity index (χ0) is 14.5. The molecule has 0 spiro atoms. The molecule has 0 aliphatic rings. The van der Waals surface area contributed by atoms with E-state index in [0.29, 0.717) is 11.5 Å². The number of hydrogen-bond donors (Lipinski definition) is 2. The van der Waals surface area contributed by atoms with Crippen molar-refractivity contribution >= 4 is 5.91 Å². The van der Waals surface area contributed by atoms with Crippen LogP contribution in [0.15, 0.2) is 24.5 Å². The van der Waals surface area contributed by atoms with Gasteiger partial charge in [-0.05, 0) is 24.6 Å². The summed E-state index contributed by atoms with van der Waals surface area (Å²) in [5.41, 5.74) is 0.899. The number of carbonyl (C=O) groups excluding carboxylic acids is 1. The number of hydrogen-bond acceptors (Lipinski definition) is 5. The third kappa shape index (κ3) is 2.87. The van der Waals surface area contributed by atoms with Gasteiger partial charge in [0.15, 0.2) is 11.5 Å². The van der Waals surface area contributed by atoms with Gasteiger partial charge in [0.2, 0.25) is 5.82 Å². The minimum atomic E-state index is -0.315. The molecular formula is C13H16N4O3. The maximum Gasteiger partial charge on any atom is 0.289 e. The minimum Gasteiger partial charge on any atom is -0.493 e. The fraction of sp³-hybridized carbons (Fsp3) is 0.308. The van der Waals surface area contributed by atoms with E-state index in [2.05, 4.69) is 20.5 Å². The van der Waals surface area contributed by atoms with Crippen molar-refractivity contribution in [1.29, 1.82) is 0 Å². The molecule has 1 heterocycles. The first-order valence-electron chi connectivity index (χ1n) is 6.04. The lowest BCUT2D eigenvalue weighted by Crippen LogP contribution is -2.27. The number of carbonyl (C=O) groups is 1. The average Bonchev–Trinajstić information content (AvgIpc) is 3.00. The molecule has 2 N–H and O–H groups in total. The van der Waals surface area contributed by atoms with Crippen LogP contribution in [0.2, 0.25) is 0 Å². The largest absolute Gasteiger partial charge is 0.493 e. The highest BCUT2D eigenvalue weighted by molar-refractivity contribution is 5.90. The number of aromatic nitrogens is 3. The molecule has 0 bridgehead atoms. The fourth-order valence-electron chi connectivity index (χ4n) is 1.79. The Balaban J connectivity index is 2.13. The predicted octanol–water partition coefficient (Wildman–Crippen LogP) is 1.31. The zero-order valence-corrected chi connectivity index (χ0v) is 11.5. The van der Waals surface area contributed by atoms with Crippen molar-refractivity contribution in [1.82, 2.24) is 20.5 Å². The highest BCUT2D eigenvalue weighted by Crippen LogP contribution is 2.29. The number of H-pyrrole nitrogens is 1. The fourth-order valence-corrected chi connectivity index (χ4v) is 1.79. The Morgan fingerprint density at radius 1 is 1.30 bits per heavy atom. The van der Waals surface area contributed by atoms with Crippen LogP contribution in [0.25, 0.3) is 0 Å². The maximum absolute atomic E-state index is 11.9. The first-order valence-corrected chi connectivity index (χ1v) is 6.04. The Hall–Kier alpha value is -2.57. The summed E-state index contributed by atoms with van der Waals surface area (Å²) in [6.07, 6.45) is 1.29. The molecule has 0 radical (unpaired) electrons. The molecule has 2 aromatic rings. The van der Waals surface area contributed by atoms with Crippen LogP contribution in [0, 0.1) is 0 Å². The number of ether oxygens (including phenoxy) is 2. The number of nitrogens with one attached hydrogen (secondary N) is 2. The molecule has 1 atom stereocenters. The van der Waals surface area contributed by atoms with Crippen molar-refractivity contribution < 1.29 is 14.3 Å². The molecule has 7 heteroatoms. The van der Waals surface area contributed by atoms with Crippen molar-refractivity contribution in [2.24, 2.45) is 0 Å². The predicted molar refractivity (Wildman–Crippen MR) is 71.8 cm³/mol. The van der Waals surface area contributed by atoms with E-state index in [1.165, 1.54) is 6.33 Å². The molecule has 1 aromatic carbocycles. The monoisotopic (exact) mass is 276 g/mol. The average molecular weight is 276 g/mol. The van der Waals surface area contributed by atoms with Gasteiger partial charge in [0, 0.05) is 0 Å². The molecule has 0 aliphatic carbocycles. The van der Waals surface area contributed by atoms with Crippen molar-refractivity contribution in [3.63, 3.8) is 0 Å². The summed E-state index contributed by atoms with van der Waals surface area (Å²) in [6.45, 7) is 1.87. The zero-order valence-electron chi connectivity index (χ0n) is 11.5. The number of benzene rings is 1. The molecule has 0 saturated carbocycles. The molecule has 1 amide bonds. The van der Waals surface area contributed by atoms with E-state index in [0.717, 1.165) is 5.56 Å². The van der Waals surface area contributed by atoms with Gasteiger partial charge in [-0.2, -0.15) is 5.10 Å². The number of rotatable bonds is 5. The van der Waals surface area contributed by atoms with E-state index in [-0.39, 0.29) is 17.8 Å². The summed E-state index contributed by atoms with van der Waals surface area (Å²) >= 11 is 0. The minimum absolute atomic E-state index is 0.178. The van der Waals surface area contributed by atoms with E-state index in [1.807, 2.05) is 19.1 Å². The Bertz CT molecular complexity index is 583. The van der Waals surface area contributed by atoms with Crippen molar-refractivity contribution in [2.75, 3.05) is 14.2 Å². The normalized spacial score (nSPS) is 11.8. The van der Waals surface area contributed by atoms with Gasteiger partial charge in [0.25, 0.3) is 5.91 Å². The van der Waals surface area contributed by atoms with Crippen molar-refractivity contribution in [2.45, 2.75) is 13.0 Å². The Morgan fingerprint density at radius 3 is 2.65 bits per heavy atom. The number of amides is 1. The maximum atomic E-state index is 11.9. The SMILES string of the molecule is COc1ccc(C(C)NC(=O)c2ncn[nH]2)cc1OC. The summed E-state index contributed by atoms with van der Waals surface area (Å²) in [6, 6.07) is 5.29.